The van der Waals surface area contributed by atoms with E-state index >= 15 is 0 Å². The minimum atomic E-state index is -0.200. The molecule has 1 heterocycles. The van der Waals surface area contributed by atoms with Crippen LogP contribution in [0.2, 0.25) is 0 Å². The van der Waals surface area contributed by atoms with E-state index in [1.165, 1.54) is 0 Å². The van der Waals surface area contributed by atoms with Gasteiger partial charge in [-0.15, -0.1) is 12.4 Å². The van der Waals surface area contributed by atoms with Crippen molar-refractivity contribution in [2.75, 3.05) is 32.1 Å². The molecule has 1 unspecified atom stereocenters. The molecule has 3 N–H and O–H groups in total. The highest BCUT2D eigenvalue weighted by molar-refractivity contribution is 9.10. The van der Waals surface area contributed by atoms with Gasteiger partial charge in [-0.1, -0.05) is 15.9 Å². The molecule has 1 aliphatic rings. The van der Waals surface area contributed by atoms with Gasteiger partial charge in [-0.25, -0.2) is 0 Å². The number of carbonyl (C=O) groups excluding carboxylic acids is 1. The molecule has 0 saturated carbocycles. The van der Waals surface area contributed by atoms with Crippen LogP contribution in [0.25, 0.3) is 0 Å². The number of hydrogen-bond donors (Lipinski definition) is 2. The number of halogens is 2. The fourth-order valence-electron chi connectivity index (χ4n) is 1.70. The standard InChI is InChI=1S/C12H15BrN2O3.ClH/c13-8-1-2-10(11(14)5-8)12(16)15-6-9-7-17-3-4-18-9;/h1-2,5,9H,3-4,6-7,14H2,(H,15,16);1H. The molecule has 1 amide bonds. The van der Waals surface area contributed by atoms with Gasteiger partial charge in [0.25, 0.3) is 5.91 Å². The Morgan fingerprint density at radius 1 is 1.47 bits per heavy atom. The molecule has 2 rings (SSSR count). The summed E-state index contributed by atoms with van der Waals surface area (Å²) in [5.41, 5.74) is 6.70. The summed E-state index contributed by atoms with van der Waals surface area (Å²) in [5, 5.41) is 2.79. The van der Waals surface area contributed by atoms with Crippen molar-refractivity contribution in [1.29, 1.82) is 0 Å². The fourth-order valence-corrected chi connectivity index (χ4v) is 2.08. The molecule has 7 heteroatoms. The van der Waals surface area contributed by atoms with Crippen molar-refractivity contribution in [3.63, 3.8) is 0 Å². The van der Waals surface area contributed by atoms with Gasteiger partial charge in [-0.3, -0.25) is 4.79 Å². The van der Waals surface area contributed by atoms with E-state index in [0.717, 1.165) is 4.47 Å². The molecule has 1 saturated heterocycles. The Kier molecular flexibility index (Phi) is 6.57. The lowest BCUT2D eigenvalue weighted by atomic mass is 10.1. The monoisotopic (exact) mass is 350 g/mol. The molecule has 1 aromatic rings. The maximum atomic E-state index is 11.9. The van der Waals surface area contributed by atoms with Gasteiger partial charge in [-0.05, 0) is 18.2 Å². The summed E-state index contributed by atoms with van der Waals surface area (Å²) in [6, 6.07) is 5.17. The Balaban J connectivity index is 0.00000180. The molecule has 0 bridgehead atoms. The summed E-state index contributed by atoms with van der Waals surface area (Å²) >= 11 is 3.30. The van der Waals surface area contributed by atoms with E-state index in [9.17, 15) is 4.79 Å². The fraction of sp³-hybridized carbons (Fsp3) is 0.417. The highest BCUT2D eigenvalue weighted by Crippen LogP contribution is 2.18. The van der Waals surface area contributed by atoms with Crippen LogP contribution in [0.4, 0.5) is 5.69 Å². The zero-order valence-electron chi connectivity index (χ0n) is 10.2. The van der Waals surface area contributed by atoms with Crippen molar-refractivity contribution in [3.8, 4) is 0 Å². The first-order valence-corrected chi connectivity index (χ1v) is 6.48. The molecule has 0 spiro atoms. The second kappa shape index (κ2) is 7.69. The summed E-state index contributed by atoms with van der Waals surface area (Å²) < 4.78 is 11.5. The Labute approximate surface area is 126 Å². The molecule has 19 heavy (non-hydrogen) atoms. The van der Waals surface area contributed by atoms with Crippen LogP contribution in [0.1, 0.15) is 10.4 Å². The topological polar surface area (TPSA) is 73.6 Å². The van der Waals surface area contributed by atoms with E-state index in [1.54, 1.807) is 18.2 Å². The molecule has 0 aromatic heterocycles. The highest BCUT2D eigenvalue weighted by atomic mass is 79.9. The Bertz CT molecular complexity index is 439. The molecule has 5 nitrogen and oxygen atoms in total. The van der Waals surface area contributed by atoms with Crippen LogP contribution in [0.3, 0.4) is 0 Å². The number of nitrogens with one attached hydrogen (secondary N) is 1. The average Bonchev–Trinajstić information content (AvgIpc) is 2.37. The van der Waals surface area contributed by atoms with Crippen molar-refractivity contribution in [3.05, 3.63) is 28.2 Å². The minimum absolute atomic E-state index is 0. The first-order valence-electron chi connectivity index (χ1n) is 5.69. The van der Waals surface area contributed by atoms with Crippen LogP contribution < -0.4 is 11.1 Å². The SMILES string of the molecule is Cl.Nc1cc(Br)ccc1C(=O)NCC1COCCO1. The second-order valence-electron chi connectivity index (χ2n) is 4.01. The lowest BCUT2D eigenvalue weighted by Crippen LogP contribution is -2.39. The third-order valence-electron chi connectivity index (χ3n) is 2.63. The molecule has 1 aromatic carbocycles. The van der Waals surface area contributed by atoms with Crippen molar-refractivity contribution < 1.29 is 14.3 Å². The maximum absolute atomic E-state index is 11.9. The zero-order chi connectivity index (χ0) is 13.0. The van der Waals surface area contributed by atoms with Crippen LogP contribution >= 0.6 is 28.3 Å². The molecular formula is C12H16BrClN2O3. The Hall–Kier alpha value is -0.820. The number of amides is 1. The minimum Gasteiger partial charge on any atom is -0.398 e. The second-order valence-corrected chi connectivity index (χ2v) is 4.92. The summed E-state index contributed by atoms with van der Waals surface area (Å²) in [4.78, 5) is 11.9. The third-order valence-corrected chi connectivity index (χ3v) is 3.13. The van der Waals surface area contributed by atoms with E-state index in [-0.39, 0.29) is 24.4 Å². The quantitative estimate of drug-likeness (QED) is 0.811. The van der Waals surface area contributed by atoms with Crippen LogP contribution in [0, 0.1) is 0 Å². The first kappa shape index (κ1) is 16.2. The number of carbonyl (C=O) groups is 1. The number of nitrogens with two attached hydrogens (primary N) is 1. The van der Waals surface area contributed by atoms with E-state index in [0.29, 0.717) is 37.6 Å². The number of benzene rings is 1. The molecule has 0 radical (unpaired) electrons. The van der Waals surface area contributed by atoms with E-state index < -0.39 is 0 Å². The van der Waals surface area contributed by atoms with Crippen LogP contribution in [0.5, 0.6) is 0 Å². The van der Waals surface area contributed by atoms with Gasteiger partial charge in [0.1, 0.15) is 0 Å². The average molecular weight is 352 g/mol. The highest BCUT2D eigenvalue weighted by Gasteiger charge is 2.16. The van der Waals surface area contributed by atoms with Gasteiger partial charge < -0.3 is 20.5 Å². The largest absolute Gasteiger partial charge is 0.398 e. The van der Waals surface area contributed by atoms with Gasteiger partial charge in [0.2, 0.25) is 0 Å². The van der Waals surface area contributed by atoms with Gasteiger partial charge in [-0.2, -0.15) is 0 Å². The van der Waals surface area contributed by atoms with Crippen molar-refractivity contribution in [2.24, 2.45) is 0 Å². The predicted molar refractivity (Wildman–Crippen MR) is 78.7 cm³/mol. The Morgan fingerprint density at radius 3 is 2.89 bits per heavy atom. The summed E-state index contributed by atoms with van der Waals surface area (Å²) in [5.74, 6) is -0.200. The van der Waals surface area contributed by atoms with Crippen LogP contribution in [-0.4, -0.2) is 38.4 Å². The zero-order valence-corrected chi connectivity index (χ0v) is 12.6. The number of ether oxygens (including phenoxy) is 2. The van der Waals surface area contributed by atoms with Gasteiger partial charge in [0.05, 0.1) is 31.5 Å². The van der Waals surface area contributed by atoms with Crippen molar-refractivity contribution in [1.82, 2.24) is 5.32 Å². The lowest BCUT2D eigenvalue weighted by Gasteiger charge is -2.23. The van der Waals surface area contributed by atoms with Gasteiger partial charge in [0.15, 0.2) is 0 Å². The van der Waals surface area contributed by atoms with E-state index in [1.807, 2.05) is 0 Å². The predicted octanol–water partition coefficient (Wildman–Crippen LogP) is 1.60. The molecule has 1 atom stereocenters. The smallest absolute Gasteiger partial charge is 0.253 e. The number of nitrogen functional groups attached to an aromatic ring is 1. The summed E-state index contributed by atoms with van der Waals surface area (Å²) in [7, 11) is 0. The molecule has 0 aliphatic carbocycles. The van der Waals surface area contributed by atoms with Crippen LogP contribution in [0.15, 0.2) is 22.7 Å². The maximum Gasteiger partial charge on any atom is 0.253 e. The lowest BCUT2D eigenvalue weighted by molar-refractivity contribution is -0.0855. The van der Waals surface area contributed by atoms with Crippen molar-refractivity contribution in [2.45, 2.75) is 6.10 Å². The third kappa shape index (κ3) is 4.65. The van der Waals surface area contributed by atoms with Crippen molar-refractivity contribution >= 4 is 39.9 Å². The molecular weight excluding hydrogens is 336 g/mol. The number of rotatable bonds is 3. The molecule has 1 aliphatic heterocycles. The summed E-state index contributed by atoms with van der Waals surface area (Å²) in [6.07, 6.45) is -0.0839. The first-order chi connectivity index (χ1) is 8.66. The van der Waals surface area contributed by atoms with E-state index in [2.05, 4.69) is 21.2 Å². The Morgan fingerprint density at radius 2 is 2.26 bits per heavy atom. The summed E-state index contributed by atoms with van der Waals surface area (Å²) in [6.45, 7) is 2.12. The molecule has 1 fully saturated rings. The van der Waals surface area contributed by atoms with Gasteiger partial charge in [0, 0.05) is 16.7 Å². The number of hydrogen-bond acceptors (Lipinski definition) is 4. The van der Waals surface area contributed by atoms with Crippen LogP contribution in [-0.2, 0) is 9.47 Å². The molecule has 106 valence electrons. The van der Waals surface area contributed by atoms with E-state index in [4.69, 9.17) is 15.2 Å². The van der Waals surface area contributed by atoms with Gasteiger partial charge >= 0.3 is 0 Å². The normalized spacial score (nSPS) is 18.5. The number of anilines is 1.